The zero-order valence-electron chi connectivity index (χ0n) is 19.5. The number of nitrogens with zero attached hydrogens (tertiary/aromatic N) is 3. The first-order valence-corrected chi connectivity index (χ1v) is 13.6. The van der Waals surface area contributed by atoms with Gasteiger partial charge in [-0.05, 0) is 61.2 Å². The normalized spacial score (nSPS) is 17.1. The van der Waals surface area contributed by atoms with Crippen LogP contribution in [0, 0.1) is 6.92 Å². The Hall–Kier alpha value is -2.48. The molecule has 1 N–H and O–H groups in total. The average molecular weight is 497 g/mol. The molecular formula is C26H29ClN4O2S. The van der Waals surface area contributed by atoms with Crippen molar-refractivity contribution in [2.45, 2.75) is 32.2 Å². The van der Waals surface area contributed by atoms with Crippen molar-refractivity contribution < 1.29 is 9.00 Å². The SMILES string of the molecule is Cc1c(-c2ccc(NC(=O)c3ccc(Cl)c(CN4CCS(=O)CC4)c3)cc2)nn(C)c1C1CC1. The molecule has 2 heterocycles. The molecule has 0 atom stereocenters. The van der Waals surface area contributed by atoms with E-state index in [-0.39, 0.29) is 5.91 Å². The van der Waals surface area contributed by atoms with Crippen molar-refractivity contribution >= 4 is 34.0 Å². The van der Waals surface area contributed by atoms with Crippen LogP contribution >= 0.6 is 11.6 Å². The third-order valence-electron chi connectivity index (χ3n) is 6.69. The number of benzene rings is 2. The Balaban J connectivity index is 1.27. The van der Waals surface area contributed by atoms with E-state index in [4.69, 9.17) is 16.7 Å². The van der Waals surface area contributed by atoms with Crippen molar-refractivity contribution in [1.82, 2.24) is 14.7 Å². The Morgan fingerprint density at radius 3 is 2.53 bits per heavy atom. The van der Waals surface area contributed by atoms with Crippen molar-refractivity contribution in [3.05, 3.63) is 69.9 Å². The number of carbonyl (C=O) groups excluding carboxylic acids is 1. The number of hydrogen-bond donors (Lipinski definition) is 1. The molecule has 2 aliphatic rings. The highest BCUT2D eigenvalue weighted by Gasteiger charge is 2.30. The molecule has 8 heteroatoms. The molecule has 0 spiro atoms. The standard InChI is InChI=1S/C26H29ClN4O2S/c1-17-24(29-30(2)25(17)19-3-4-19)18-5-8-22(9-6-18)28-26(32)20-7-10-23(27)21(15-20)16-31-11-13-34(33)14-12-31/h5-10,15,19H,3-4,11-14,16H2,1-2H3,(H,28,32). The van der Waals surface area contributed by atoms with E-state index in [1.54, 1.807) is 12.1 Å². The molecule has 1 saturated carbocycles. The predicted octanol–water partition coefficient (Wildman–Crippen LogP) is 4.74. The lowest BCUT2D eigenvalue weighted by atomic mass is 10.0. The van der Waals surface area contributed by atoms with Gasteiger partial charge >= 0.3 is 0 Å². The first-order valence-electron chi connectivity index (χ1n) is 11.7. The van der Waals surface area contributed by atoms with Crippen LogP contribution in [0.1, 0.15) is 45.9 Å². The predicted molar refractivity (Wildman–Crippen MR) is 138 cm³/mol. The first-order chi connectivity index (χ1) is 16.4. The van der Waals surface area contributed by atoms with Gasteiger partial charge in [0.2, 0.25) is 0 Å². The average Bonchev–Trinajstić information content (AvgIpc) is 3.61. The maximum atomic E-state index is 12.9. The van der Waals surface area contributed by atoms with E-state index in [2.05, 4.69) is 17.1 Å². The molecule has 1 saturated heterocycles. The van der Waals surface area contributed by atoms with Crippen LogP contribution in [0.3, 0.4) is 0 Å². The van der Waals surface area contributed by atoms with Crippen LogP contribution in [-0.4, -0.2) is 49.4 Å². The summed E-state index contributed by atoms with van der Waals surface area (Å²) in [5, 5.41) is 8.38. The van der Waals surface area contributed by atoms with Crippen LogP contribution in [0.5, 0.6) is 0 Å². The van der Waals surface area contributed by atoms with Crippen LogP contribution in [0.15, 0.2) is 42.5 Å². The van der Waals surface area contributed by atoms with E-state index in [9.17, 15) is 9.00 Å². The monoisotopic (exact) mass is 496 g/mol. The number of rotatable bonds is 6. The number of hydrogen-bond acceptors (Lipinski definition) is 4. The number of amides is 1. The van der Waals surface area contributed by atoms with Crippen molar-refractivity contribution in [3.8, 4) is 11.3 Å². The van der Waals surface area contributed by atoms with Crippen LogP contribution < -0.4 is 5.32 Å². The summed E-state index contributed by atoms with van der Waals surface area (Å²) in [6.07, 6.45) is 2.49. The molecule has 1 aliphatic carbocycles. The van der Waals surface area contributed by atoms with Crippen LogP contribution in [0.2, 0.25) is 5.02 Å². The highest BCUT2D eigenvalue weighted by molar-refractivity contribution is 7.85. The highest BCUT2D eigenvalue weighted by atomic mass is 35.5. The zero-order valence-corrected chi connectivity index (χ0v) is 21.1. The number of aryl methyl sites for hydroxylation is 1. The minimum atomic E-state index is -0.718. The molecule has 0 unspecified atom stereocenters. The van der Waals surface area contributed by atoms with E-state index in [1.807, 2.05) is 42.1 Å². The van der Waals surface area contributed by atoms with Gasteiger partial charge in [-0.15, -0.1) is 0 Å². The third kappa shape index (κ3) is 4.97. The topological polar surface area (TPSA) is 67.2 Å². The van der Waals surface area contributed by atoms with E-state index in [0.29, 0.717) is 34.6 Å². The molecule has 2 fully saturated rings. The van der Waals surface area contributed by atoms with Crippen molar-refractivity contribution in [2.24, 2.45) is 7.05 Å². The fourth-order valence-electron chi connectivity index (χ4n) is 4.67. The van der Waals surface area contributed by atoms with E-state index in [1.165, 1.54) is 24.1 Å². The highest BCUT2D eigenvalue weighted by Crippen LogP contribution is 2.43. The lowest BCUT2D eigenvalue weighted by Crippen LogP contribution is -2.37. The minimum Gasteiger partial charge on any atom is -0.322 e. The van der Waals surface area contributed by atoms with Gasteiger partial charge in [0.15, 0.2) is 0 Å². The minimum absolute atomic E-state index is 0.171. The second-order valence-electron chi connectivity index (χ2n) is 9.22. The van der Waals surface area contributed by atoms with Crippen LogP contribution in [-0.2, 0) is 24.4 Å². The lowest BCUT2D eigenvalue weighted by Gasteiger charge is -2.26. The molecule has 0 radical (unpaired) electrons. The maximum Gasteiger partial charge on any atom is 0.255 e. The number of anilines is 1. The zero-order chi connectivity index (χ0) is 23.8. The first kappa shape index (κ1) is 23.3. The molecule has 0 bridgehead atoms. The van der Waals surface area contributed by atoms with E-state index < -0.39 is 10.8 Å². The van der Waals surface area contributed by atoms with Gasteiger partial charge in [0.05, 0.1) is 5.69 Å². The smallest absolute Gasteiger partial charge is 0.255 e. The van der Waals surface area contributed by atoms with Crippen molar-refractivity contribution in [3.63, 3.8) is 0 Å². The van der Waals surface area contributed by atoms with Gasteiger partial charge in [-0.2, -0.15) is 5.10 Å². The Bertz CT molecular complexity index is 1240. The van der Waals surface area contributed by atoms with Gasteiger partial charge in [0.1, 0.15) is 0 Å². The van der Waals surface area contributed by atoms with Gasteiger partial charge in [0, 0.05) is 82.4 Å². The number of aromatic nitrogens is 2. The molecule has 5 rings (SSSR count). The van der Waals surface area contributed by atoms with Crippen LogP contribution in [0.4, 0.5) is 5.69 Å². The summed E-state index contributed by atoms with van der Waals surface area (Å²) in [6.45, 7) is 4.36. The Kier molecular flexibility index (Phi) is 6.60. The Morgan fingerprint density at radius 2 is 1.85 bits per heavy atom. The summed E-state index contributed by atoms with van der Waals surface area (Å²) in [6, 6.07) is 13.2. The Morgan fingerprint density at radius 1 is 1.15 bits per heavy atom. The van der Waals surface area contributed by atoms with E-state index >= 15 is 0 Å². The number of carbonyl (C=O) groups is 1. The second-order valence-corrected chi connectivity index (χ2v) is 11.3. The molecule has 3 aromatic rings. The quantitative estimate of drug-likeness (QED) is 0.535. The van der Waals surface area contributed by atoms with Gasteiger partial charge in [-0.1, -0.05) is 23.7 Å². The second kappa shape index (κ2) is 9.64. The molecule has 34 heavy (non-hydrogen) atoms. The molecular weight excluding hydrogens is 468 g/mol. The van der Waals surface area contributed by atoms with E-state index in [0.717, 1.165) is 35.6 Å². The maximum absolute atomic E-state index is 12.9. The molecule has 1 amide bonds. The van der Waals surface area contributed by atoms with Crippen molar-refractivity contribution in [1.29, 1.82) is 0 Å². The molecule has 1 aromatic heterocycles. The van der Waals surface area contributed by atoms with Crippen LogP contribution in [0.25, 0.3) is 11.3 Å². The molecule has 6 nitrogen and oxygen atoms in total. The summed E-state index contributed by atoms with van der Waals surface area (Å²) in [5.41, 5.74) is 6.85. The molecule has 1 aliphatic heterocycles. The summed E-state index contributed by atoms with van der Waals surface area (Å²) in [4.78, 5) is 15.2. The number of nitrogens with one attached hydrogen (secondary N) is 1. The number of halogens is 1. The third-order valence-corrected chi connectivity index (χ3v) is 8.34. The van der Waals surface area contributed by atoms with Gasteiger partial charge in [0.25, 0.3) is 5.91 Å². The van der Waals surface area contributed by atoms with Gasteiger partial charge in [-0.3, -0.25) is 18.6 Å². The van der Waals surface area contributed by atoms with Gasteiger partial charge in [-0.25, -0.2) is 0 Å². The summed E-state index contributed by atoms with van der Waals surface area (Å²) >= 11 is 6.41. The fourth-order valence-corrected chi connectivity index (χ4v) is 5.98. The largest absolute Gasteiger partial charge is 0.322 e. The Labute approximate surface area is 207 Å². The molecule has 178 valence electrons. The molecule has 2 aromatic carbocycles. The summed E-state index contributed by atoms with van der Waals surface area (Å²) in [5.74, 6) is 1.85. The van der Waals surface area contributed by atoms with Crippen molar-refractivity contribution in [2.75, 3.05) is 29.9 Å². The summed E-state index contributed by atoms with van der Waals surface area (Å²) in [7, 11) is 1.30. The fraction of sp³-hybridized carbons (Fsp3) is 0.385. The summed E-state index contributed by atoms with van der Waals surface area (Å²) < 4.78 is 13.6. The lowest BCUT2D eigenvalue weighted by molar-refractivity contribution is 0.102. The van der Waals surface area contributed by atoms with Gasteiger partial charge < -0.3 is 5.32 Å².